The van der Waals surface area contributed by atoms with Gasteiger partial charge in [0.05, 0.1) is 16.4 Å². The molecule has 0 amide bonds. The number of ether oxygens (including phenoxy) is 1. The number of nitrogens with one attached hydrogen (secondary N) is 1. The summed E-state index contributed by atoms with van der Waals surface area (Å²) in [6.07, 6.45) is 3.22. The van der Waals surface area contributed by atoms with E-state index in [2.05, 4.69) is 41.8 Å². The van der Waals surface area contributed by atoms with E-state index >= 15 is 0 Å². The third kappa shape index (κ3) is 3.49. The van der Waals surface area contributed by atoms with Crippen molar-refractivity contribution in [3.05, 3.63) is 33.5 Å². The Morgan fingerprint density at radius 2 is 2.05 bits per heavy atom. The van der Waals surface area contributed by atoms with Crippen LogP contribution in [0.1, 0.15) is 26.7 Å². The quantitative estimate of drug-likeness (QED) is 0.817. The van der Waals surface area contributed by atoms with E-state index in [4.69, 9.17) is 4.74 Å². The fraction of sp³-hybridized carbons (Fsp3) is 0.400. The number of hydrogen-bond donors (Lipinski definition) is 1. The molecule has 0 radical (unpaired) electrons. The van der Waals surface area contributed by atoms with E-state index < -0.39 is 0 Å². The predicted molar refractivity (Wildman–Crippen MR) is 85.4 cm³/mol. The van der Waals surface area contributed by atoms with Crippen LogP contribution >= 0.6 is 22.6 Å². The van der Waals surface area contributed by atoms with Crippen LogP contribution < -0.4 is 10.1 Å². The van der Waals surface area contributed by atoms with Crippen LogP contribution in [0.4, 0.5) is 5.69 Å². The van der Waals surface area contributed by atoms with Crippen molar-refractivity contribution >= 4 is 34.1 Å². The second-order valence-electron chi connectivity index (χ2n) is 5.60. The minimum atomic E-state index is 0.0263. The number of hydrogen-bond acceptors (Lipinski definition) is 3. The van der Waals surface area contributed by atoms with Gasteiger partial charge in [-0.2, -0.15) is 0 Å². The first-order valence-corrected chi connectivity index (χ1v) is 7.32. The number of halogens is 1. The van der Waals surface area contributed by atoms with Gasteiger partial charge in [-0.15, -0.1) is 0 Å². The van der Waals surface area contributed by atoms with Crippen LogP contribution in [0.5, 0.6) is 5.75 Å². The molecule has 0 atom stereocenters. The van der Waals surface area contributed by atoms with E-state index in [9.17, 15) is 4.79 Å². The summed E-state index contributed by atoms with van der Waals surface area (Å²) < 4.78 is 6.33. The molecule has 2 rings (SSSR count). The van der Waals surface area contributed by atoms with Crippen LogP contribution in [0.25, 0.3) is 0 Å². The van der Waals surface area contributed by atoms with Crippen LogP contribution in [0.2, 0.25) is 0 Å². The van der Waals surface area contributed by atoms with E-state index in [-0.39, 0.29) is 11.2 Å². The first-order valence-electron chi connectivity index (χ1n) is 6.24. The molecule has 0 bridgehead atoms. The van der Waals surface area contributed by atoms with Crippen molar-refractivity contribution < 1.29 is 9.53 Å². The van der Waals surface area contributed by atoms with Gasteiger partial charge >= 0.3 is 0 Å². The lowest BCUT2D eigenvalue weighted by Gasteiger charge is -2.29. The van der Waals surface area contributed by atoms with Gasteiger partial charge < -0.3 is 10.1 Å². The summed E-state index contributed by atoms with van der Waals surface area (Å²) in [6.45, 7) is 4.24. The van der Waals surface area contributed by atoms with Gasteiger partial charge in [0.2, 0.25) is 0 Å². The summed E-state index contributed by atoms with van der Waals surface area (Å²) in [4.78, 5) is 11.7. The molecule has 1 aromatic carbocycles. The van der Waals surface area contributed by atoms with E-state index in [1.807, 2.05) is 18.2 Å². The molecule has 1 aliphatic rings. The Bertz CT molecular complexity index is 535. The summed E-state index contributed by atoms with van der Waals surface area (Å²) >= 11 is 2.25. The van der Waals surface area contributed by atoms with Crippen LogP contribution in [0.3, 0.4) is 0 Å². The fourth-order valence-corrected chi connectivity index (χ4v) is 3.08. The molecule has 3 nitrogen and oxygen atoms in total. The van der Waals surface area contributed by atoms with Gasteiger partial charge in [-0.05, 0) is 46.6 Å². The topological polar surface area (TPSA) is 38.3 Å². The average Bonchev–Trinajstić information content (AvgIpc) is 2.29. The summed E-state index contributed by atoms with van der Waals surface area (Å²) in [5.41, 5.74) is 1.99. The summed E-state index contributed by atoms with van der Waals surface area (Å²) in [5.74, 6) is 1.03. The molecular weight excluding hydrogens is 353 g/mol. The monoisotopic (exact) mass is 371 g/mol. The number of methoxy groups -OCH3 is 1. The zero-order valence-corrected chi connectivity index (χ0v) is 13.6. The van der Waals surface area contributed by atoms with Gasteiger partial charge in [-0.25, -0.2) is 0 Å². The van der Waals surface area contributed by atoms with Gasteiger partial charge in [0.15, 0.2) is 5.78 Å². The largest absolute Gasteiger partial charge is 0.496 e. The maximum Gasteiger partial charge on any atom is 0.157 e. The zero-order chi connectivity index (χ0) is 14.0. The van der Waals surface area contributed by atoms with Crippen molar-refractivity contribution in [1.82, 2.24) is 0 Å². The normalized spacial score (nSPS) is 17.9. The van der Waals surface area contributed by atoms with Crippen LogP contribution in [-0.2, 0) is 4.79 Å². The van der Waals surface area contributed by atoms with Gasteiger partial charge in [-0.1, -0.05) is 19.9 Å². The highest BCUT2D eigenvalue weighted by atomic mass is 127. The predicted octanol–water partition coefficient (Wildman–Crippen LogP) is 3.98. The smallest absolute Gasteiger partial charge is 0.157 e. The second-order valence-corrected chi connectivity index (χ2v) is 6.68. The van der Waals surface area contributed by atoms with Crippen molar-refractivity contribution in [3.63, 3.8) is 0 Å². The highest BCUT2D eigenvalue weighted by Gasteiger charge is 2.27. The molecule has 0 fully saturated rings. The molecule has 0 aliphatic heterocycles. The highest BCUT2D eigenvalue weighted by molar-refractivity contribution is 14.1. The Morgan fingerprint density at radius 3 is 2.68 bits per heavy atom. The van der Waals surface area contributed by atoms with Gasteiger partial charge in [0.1, 0.15) is 5.75 Å². The molecule has 102 valence electrons. The molecule has 1 N–H and O–H groups in total. The second kappa shape index (κ2) is 5.53. The standard InChI is InChI=1S/C15H18INO2/c1-15(2)8-10(7-11(18)9-15)17-12-5-4-6-13(19-3)14(12)16/h4-7,17H,8-9H2,1-3H3. The lowest BCUT2D eigenvalue weighted by Crippen LogP contribution is -2.24. The number of anilines is 1. The molecule has 0 saturated carbocycles. The summed E-state index contributed by atoms with van der Waals surface area (Å²) in [5, 5.41) is 3.36. The van der Waals surface area contributed by atoms with Gasteiger partial charge in [0, 0.05) is 18.2 Å². The van der Waals surface area contributed by atoms with E-state index in [1.165, 1.54) is 0 Å². The Hall–Kier alpha value is -1.04. The number of carbonyl (C=O) groups excluding carboxylic acids is 1. The maximum atomic E-state index is 11.7. The van der Waals surface area contributed by atoms with Gasteiger partial charge in [0.25, 0.3) is 0 Å². The van der Waals surface area contributed by atoms with Crippen LogP contribution in [0, 0.1) is 8.99 Å². The average molecular weight is 371 g/mol. The molecule has 19 heavy (non-hydrogen) atoms. The maximum absolute atomic E-state index is 11.7. The molecule has 0 saturated heterocycles. The van der Waals surface area contributed by atoms with Crippen LogP contribution in [0.15, 0.2) is 30.0 Å². The Kier molecular flexibility index (Phi) is 4.18. The zero-order valence-electron chi connectivity index (χ0n) is 11.4. The summed E-state index contributed by atoms with van der Waals surface area (Å²) in [6, 6.07) is 5.87. The molecule has 1 aliphatic carbocycles. The SMILES string of the molecule is COc1cccc(NC2=CC(=O)CC(C)(C)C2)c1I. The molecule has 0 aromatic heterocycles. The van der Waals surface area contributed by atoms with Crippen molar-refractivity contribution in [3.8, 4) is 5.75 Å². The Morgan fingerprint density at radius 1 is 1.32 bits per heavy atom. The van der Waals surface area contributed by atoms with Crippen molar-refractivity contribution in [2.75, 3.05) is 12.4 Å². The minimum absolute atomic E-state index is 0.0263. The lowest BCUT2D eigenvalue weighted by atomic mass is 9.79. The molecule has 0 spiro atoms. The molecule has 0 unspecified atom stereocenters. The lowest BCUT2D eigenvalue weighted by molar-refractivity contribution is -0.117. The van der Waals surface area contributed by atoms with Crippen molar-refractivity contribution in [2.24, 2.45) is 5.41 Å². The van der Waals surface area contributed by atoms with E-state index in [0.29, 0.717) is 6.42 Å². The van der Waals surface area contributed by atoms with E-state index in [0.717, 1.165) is 27.1 Å². The highest BCUT2D eigenvalue weighted by Crippen LogP contribution is 2.35. The third-order valence-corrected chi connectivity index (χ3v) is 4.25. The first kappa shape index (κ1) is 14.4. The number of carbonyl (C=O) groups is 1. The first-order chi connectivity index (χ1) is 8.91. The van der Waals surface area contributed by atoms with Crippen molar-refractivity contribution in [2.45, 2.75) is 26.7 Å². The van der Waals surface area contributed by atoms with Crippen molar-refractivity contribution in [1.29, 1.82) is 0 Å². The molecule has 1 aromatic rings. The third-order valence-electron chi connectivity index (χ3n) is 3.14. The van der Waals surface area contributed by atoms with Gasteiger partial charge in [-0.3, -0.25) is 4.79 Å². The molecule has 4 heteroatoms. The van der Waals surface area contributed by atoms with E-state index in [1.54, 1.807) is 13.2 Å². The molecule has 0 heterocycles. The minimum Gasteiger partial charge on any atom is -0.496 e. The number of allylic oxidation sites excluding steroid dienone is 2. The Balaban J connectivity index is 2.24. The number of benzene rings is 1. The summed E-state index contributed by atoms with van der Waals surface area (Å²) in [7, 11) is 1.66. The molecular formula is C15H18INO2. The number of rotatable bonds is 3. The number of ketones is 1. The fourth-order valence-electron chi connectivity index (χ4n) is 2.36. The Labute approximate surface area is 127 Å². The van der Waals surface area contributed by atoms with Crippen LogP contribution in [-0.4, -0.2) is 12.9 Å².